The van der Waals surface area contributed by atoms with E-state index >= 15 is 0 Å². The van der Waals surface area contributed by atoms with E-state index in [0.29, 0.717) is 11.4 Å². The van der Waals surface area contributed by atoms with Crippen LogP contribution in [-0.4, -0.2) is 24.1 Å². The molecule has 1 aromatic carbocycles. The van der Waals surface area contributed by atoms with E-state index in [1.54, 1.807) is 24.3 Å². The van der Waals surface area contributed by atoms with Gasteiger partial charge in [-0.2, -0.15) is 4.98 Å². The summed E-state index contributed by atoms with van der Waals surface area (Å²) in [5.74, 6) is 0.943. The first-order valence-corrected chi connectivity index (χ1v) is 5.75. The molecule has 0 saturated carbocycles. The van der Waals surface area contributed by atoms with E-state index in [2.05, 4.69) is 10.3 Å². The van der Waals surface area contributed by atoms with Gasteiger partial charge in [-0.15, -0.1) is 0 Å². The van der Waals surface area contributed by atoms with Gasteiger partial charge in [-0.25, -0.2) is 0 Å². The lowest BCUT2D eigenvalue weighted by atomic mass is 10.3. The monoisotopic (exact) mass is 275 g/mol. The average molecular weight is 275 g/mol. The van der Waals surface area contributed by atoms with E-state index in [4.69, 9.17) is 9.47 Å². The molecule has 0 fully saturated rings. The highest BCUT2D eigenvalue weighted by Gasteiger charge is 2.17. The summed E-state index contributed by atoms with van der Waals surface area (Å²) in [6.45, 7) is 0. The Morgan fingerprint density at radius 2 is 1.90 bits per heavy atom. The smallest absolute Gasteiger partial charge is 0.311 e. The van der Waals surface area contributed by atoms with Gasteiger partial charge in [0.1, 0.15) is 5.75 Å². The largest absolute Gasteiger partial charge is 0.495 e. The van der Waals surface area contributed by atoms with Crippen molar-refractivity contribution in [2.75, 3.05) is 19.5 Å². The molecule has 0 spiro atoms. The number of anilines is 2. The van der Waals surface area contributed by atoms with Gasteiger partial charge in [0.05, 0.1) is 24.8 Å². The molecule has 7 heteroatoms. The number of rotatable bonds is 5. The highest BCUT2D eigenvalue weighted by Crippen LogP contribution is 2.31. The van der Waals surface area contributed by atoms with Crippen LogP contribution in [0, 0.1) is 10.1 Å². The van der Waals surface area contributed by atoms with Gasteiger partial charge in [-0.05, 0) is 12.1 Å². The fraction of sp³-hybridized carbons (Fsp3) is 0.154. The van der Waals surface area contributed by atoms with Crippen molar-refractivity contribution in [3.05, 3.63) is 46.5 Å². The molecule has 0 aliphatic carbocycles. The van der Waals surface area contributed by atoms with Gasteiger partial charge in [0.25, 0.3) is 0 Å². The summed E-state index contributed by atoms with van der Waals surface area (Å²) in [6, 6.07) is 9.85. The average Bonchev–Trinajstić information content (AvgIpc) is 2.47. The zero-order chi connectivity index (χ0) is 14.5. The summed E-state index contributed by atoms with van der Waals surface area (Å²) in [6.07, 6.45) is 0. The number of para-hydroxylation sites is 2. The van der Waals surface area contributed by atoms with Crippen molar-refractivity contribution in [3.8, 4) is 11.6 Å². The zero-order valence-corrected chi connectivity index (χ0v) is 11.0. The minimum Gasteiger partial charge on any atom is -0.495 e. The Labute approximate surface area is 115 Å². The van der Waals surface area contributed by atoms with Crippen molar-refractivity contribution in [2.45, 2.75) is 0 Å². The Hall–Kier alpha value is -2.83. The quantitative estimate of drug-likeness (QED) is 0.667. The number of ether oxygens (including phenoxy) is 2. The number of nitrogens with zero attached hydrogens (tertiary/aromatic N) is 2. The molecule has 0 unspecified atom stereocenters. The van der Waals surface area contributed by atoms with Gasteiger partial charge in [-0.1, -0.05) is 12.1 Å². The molecule has 7 nitrogen and oxygen atoms in total. The first-order chi connectivity index (χ1) is 9.65. The van der Waals surface area contributed by atoms with Crippen LogP contribution < -0.4 is 14.8 Å². The second-order valence-corrected chi connectivity index (χ2v) is 3.80. The Morgan fingerprint density at radius 3 is 2.55 bits per heavy atom. The molecule has 0 atom stereocenters. The summed E-state index contributed by atoms with van der Waals surface area (Å²) in [4.78, 5) is 14.6. The van der Waals surface area contributed by atoms with Crippen LogP contribution in [0.15, 0.2) is 36.4 Å². The van der Waals surface area contributed by atoms with Crippen LogP contribution in [0.3, 0.4) is 0 Å². The van der Waals surface area contributed by atoms with Crippen molar-refractivity contribution in [1.29, 1.82) is 0 Å². The van der Waals surface area contributed by atoms with E-state index < -0.39 is 4.92 Å². The molecule has 0 aliphatic heterocycles. The molecule has 1 N–H and O–H groups in total. The van der Waals surface area contributed by atoms with Crippen molar-refractivity contribution in [1.82, 2.24) is 4.98 Å². The van der Waals surface area contributed by atoms with Crippen LogP contribution in [0.5, 0.6) is 11.6 Å². The van der Waals surface area contributed by atoms with Gasteiger partial charge in [0.15, 0.2) is 0 Å². The van der Waals surface area contributed by atoms with E-state index in [1.807, 2.05) is 0 Å². The Bertz CT molecular complexity index is 631. The molecule has 104 valence electrons. The fourth-order valence-electron chi connectivity index (χ4n) is 1.66. The fourth-order valence-corrected chi connectivity index (χ4v) is 1.66. The molecule has 0 amide bonds. The lowest BCUT2D eigenvalue weighted by Gasteiger charge is -2.11. The van der Waals surface area contributed by atoms with Crippen LogP contribution in [0.2, 0.25) is 0 Å². The molecular formula is C13H13N3O4. The predicted molar refractivity (Wildman–Crippen MR) is 73.7 cm³/mol. The third kappa shape index (κ3) is 2.77. The molecule has 0 bridgehead atoms. The van der Waals surface area contributed by atoms with E-state index in [1.165, 1.54) is 26.4 Å². The lowest BCUT2D eigenvalue weighted by Crippen LogP contribution is -2.02. The molecule has 1 aromatic heterocycles. The first kappa shape index (κ1) is 13.6. The van der Waals surface area contributed by atoms with E-state index in [9.17, 15) is 10.1 Å². The van der Waals surface area contributed by atoms with Crippen LogP contribution >= 0.6 is 0 Å². The summed E-state index contributed by atoms with van der Waals surface area (Å²) in [5.41, 5.74) is 0.440. The molecule has 0 radical (unpaired) electrons. The maximum absolute atomic E-state index is 11.0. The second-order valence-electron chi connectivity index (χ2n) is 3.80. The molecule has 2 rings (SSSR count). The Morgan fingerprint density at radius 1 is 1.15 bits per heavy atom. The van der Waals surface area contributed by atoms with Crippen LogP contribution in [-0.2, 0) is 0 Å². The molecular weight excluding hydrogens is 262 g/mol. The zero-order valence-electron chi connectivity index (χ0n) is 11.0. The van der Waals surface area contributed by atoms with E-state index in [0.717, 1.165) is 0 Å². The van der Waals surface area contributed by atoms with E-state index in [-0.39, 0.29) is 17.4 Å². The molecule has 0 saturated heterocycles. The van der Waals surface area contributed by atoms with Crippen molar-refractivity contribution in [2.24, 2.45) is 0 Å². The van der Waals surface area contributed by atoms with Crippen molar-refractivity contribution >= 4 is 17.2 Å². The van der Waals surface area contributed by atoms with Crippen LogP contribution in [0.4, 0.5) is 17.2 Å². The van der Waals surface area contributed by atoms with Gasteiger partial charge in [0, 0.05) is 12.1 Å². The van der Waals surface area contributed by atoms with Crippen molar-refractivity contribution < 1.29 is 14.4 Å². The minimum atomic E-state index is -0.510. The number of pyridine rings is 1. The predicted octanol–water partition coefficient (Wildman–Crippen LogP) is 2.75. The number of aromatic nitrogens is 1. The Balaban J connectivity index is 2.43. The number of hydrogen-bond acceptors (Lipinski definition) is 6. The van der Waals surface area contributed by atoms with Crippen LogP contribution in [0.25, 0.3) is 0 Å². The maximum atomic E-state index is 11.0. The normalized spacial score (nSPS) is 9.90. The van der Waals surface area contributed by atoms with Crippen molar-refractivity contribution in [3.63, 3.8) is 0 Å². The highest BCUT2D eigenvalue weighted by molar-refractivity contribution is 5.70. The lowest BCUT2D eigenvalue weighted by molar-refractivity contribution is -0.384. The number of benzene rings is 1. The summed E-state index contributed by atoms with van der Waals surface area (Å²) >= 11 is 0. The maximum Gasteiger partial charge on any atom is 0.311 e. The number of nitro groups is 1. The highest BCUT2D eigenvalue weighted by atomic mass is 16.6. The molecule has 0 aliphatic rings. The number of hydrogen-bond donors (Lipinski definition) is 1. The minimum absolute atomic E-state index is 0.0962. The van der Waals surface area contributed by atoms with Crippen LogP contribution in [0.1, 0.15) is 0 Å². The van der Waals surface area contributed by atoms with Gasteiger partial charge in [0.2, 0.25) is 11.7 Å². The number of methoxy groups -OCH3 is 2. The van der Waals surface area contributed by atoms with Gasteiger partial charge in [-0.3, -0.25) is 10.1 Å². The Kier molecular flexibility index (Phi) is 3.99. The van der Waals surface area contributed by atoms with Gasteiger partial charge >= 0.3 is 5.69 Å². The standard InChI is InChI=1S/C13H13N3O4/c1-19-11-6-4-3-5-9(11)14-13-10(16(17)18)7-8-12(15-13)20-2/h3-8H,1-2H3,(H,14,15). The number of nitrogens with one attached hydrogen (secondary N) is 1. The van der Waals surface area contributed by atoms with Gasteiger partial charge < -0.3 is 14.8 Å². The topological polar surface area (TPSA) is 86.5 Å². The first-order valence-electron chi connectivity index (χ1n) is 5.75. The molecule has 1 heterocycles. The third-order valence-electron chi connectivity index (χ3n) is 2.61. The third-order valence-corrected chi connectivity index (χ3v) is 2.61. The summed E-state index contributed by atoms with van der Waals surface area (Å²) < 4.78 is 10.2. The summed E-state index contributed by atoms with van der Waals surface area (Å²) in [7, 11) is 2.97. The SMILES string of the molecule is COc1ccc([N+](=O)[O-])c(Nc2ccccc2OC)n1. The second kappa shape index (κ2) is 5.87. The molecule has 20 heavy (non-hydrogen) atoms. The summed E-state index contributed by atoms with van der Waals surface area (Å²) in [5, 5.41) is 13.9. The molecule has 2 aromatic rings.